The molecular weight excluding hydrogens is 703 g/mol. The van der Waals surface area contributed by atoms with Crippen LogP contribution in [0.4, 0.5) is 0 Å². The summed E-state index contributed by atoms with van der Waals surface area (Å²) in [5.41, 5.74) is 0. The zero-order chi connectivity index (χ0) is 39.5. The molecule has 0 aliphatic carbocycles. The van der Waals surface area contributed by atoms with Gasteiger partial charge in [-0.3, -0.25) is 14.1 Å². The van der Waals surface area contributed by atoms with Gasteiger partial charge in [0.05, 0.1) is 18.8 Å². The molecule has 0 aromatic carbocycles. The molecular formula is C44H79O9P. The summed E-state index contributed by atoms with van der Waals surface area (Å²) in [6, 6.07) is 0. The van der Waals surface area contributed by atoms with Crippen molar-refractivity contribution in [3.63, 3.8) is 0 Å². The van der Waals surface area contributed by atoms with Crippen LogP contribution in [0.5, 0.6) is 0 Å². The maximum Gasteiger partial charge on any atom is 0.469 e. The van der Waals surface area contributed by atoms with Gasteiger partial charge < -0.3 is 24.0 Å². The molecule has 1 saturated heterocycles. The van der Waals surface area contributed by atoms with Crippen molar-refractivity contribution in [3.05, 3.63) is 36.5 Å². The fourth-order valence-corrected chi connectivity index (χ4v) is 6.72. The number of unbranched alkanes of at least 4 members (excludes halogenated alkanes) is 18. The SMILES string of the molecule is CCCCC/C=C\CC1OC1C/C=C\C/C=C\CCCC(=O)O[C@H](COC(=O)CCCCCCCCCCCCCCCCCC(C)C)COP(=O)(O)O. The van der Waals surface area contributed by atoms with Crippen molar-refractivity contribution in [3.8, 4) is 0 Å². The van der Waals surface area contributed by atoms with E-state index in [1.165, 1.54) is 103 Å². The summed E-state index contributed by atoms with van der Waals surface area (Å²) < 4.78 is 32.1. The molecule has 0 amide bonds. The lowest BCUT2D eigenvalue weighted by molar-refractivity contribution is -0.161. The molecule has 0 spiro atoms. The average Bonchev–Trinajstić information content (AvgIpc) is 3.88. The number of rotatable bonds is 38. The van der Waals surface area contributed by atoms with Crippen LogP contribution in [-0.2, 0) is 32.9 Å². The number of allylic oxidation sites excluding steroid dienone is 4. The lowest BCUT2D eigenvalue weighted by atomic mass is 10.0. The molecule has 3 atom stereocenters. The molecule has 1 aliphatic heterocycles. The third kappa shape index (κ3) is 34.7. The van der Waals surface area contributed by atoms with Crippen molar-refractivity contribution >= 4 is 19.8 Å². The first kappa shape index (κ1) is 50.2. The average molecular weight is 783 g/mol. The van der Waals surface area contributed by atoms with Crippen molar-refractivity contribution in [2.75, 3.05) is 13.2 Å². The molecule has 1 aliphatic rings. The van der Waals surface area contributed by atoms with Crippen LogP contribution in [0.1, 0.15) is 194 Å². The fraction of sp³-hybridized carbons (Fsp3) is 0.818. The van der Waals surface area contributed by atoms with Crippen LogP contribution in [-0.4, -0.2) is 53.3 Å². The van der Waals surface area contributed by atoms with Crippen LogP contribution >= 0.6 is 7.82 Å². The van der Waals surface area contributed by atoms with Crippen LogP contribution in [0.3, 0.4) is 0 Å². The van der Waals surface area contributed by atoms with Gasteiger partial charge in [-0.25, -0.2) is 4.57 Å². The van der Waals surface area contributed by atoms with Gasteiger partial charge in [0.2, 0.25) is 0 Å². The van der Waals surface area contributed by atoms with Crippen molar-refractivity contribution in [1.82, 2.24) is 0 Å². The molecule has 10 heteroatoms. The number of phosphoric ester groups is 1. The van der Waals surface area contributed by atoms with E-state index in [0.717, 1.165) is 50.9 Å². The normalized spacial score (nSPS) is 16.6. The number of carbonyl (C=O) groups is 2. The van der Waals surface area contributed by atoms with Gasteiger partial charge in [0.15, 0.2) is 6.10 Å². The Hall–Kier alpha value is -1.77. The molecule has 1 fully saturated rings. The second-order valence-electron chi connectivity index (χ2n) is 15.5. The number of epoxide rings is 1. The van der Waals surface area contributed by atoms with Crippen molar-refractivity contribution in [2.45, 2.75) is 212 Å². The summed E-state index contributed by atoms with van der Waals surface area (Å²) in [5, 5.41) is 0. The minimum atomic E-state index is -4.77. The van der Waals surface area contributed by atoms with E-state index in [1.54, 1.807) is 0 Å². The van der Waals surface area contributed by atoms with Gasteiger partial charge in [-0.15, -0.1) is 0 Å². The monoisotopic (exact) mass is 783 g/mol. The van der Waals surface area contributed by atoms with Gasteiger partial charge in [0, 0.05) is 12.8 Å². The predicted molar refractivity (Wildman–Crippen MR) is 220 cm³/mol. The third-order valence-corrected chi connectivity index (χ3v) is 10.2. The zero-order valence-electron chi connectivity index (χ0n) is 34.5. The quantitative estimate of drug-likeness (QED) is 0.0206. The van der Waals surface area contributed by atoms with E-state index in [2.05, 4.69) is 55.7 Å². The standard InChI is InChI=1S/C44H79O9P/c1-4-5-6-7-23-28-33-41-42(53-41)34-29-24-19-17-21-26-31-36-44(46)52-40(38-51-54(47,48)49)37-50-43(45)35-30-25-20-16-14-12-10-8-9-11-13-15-18-22-27-32-39(2)3/h17,21,23-24,28-29,39-42H,4-16,18-20,22,25-27,30-38H2,1-3H3,(H2,47,48,49)/b21-17-,28-23-,29-24-/t40-,41?,42?/m1/s1. The van der Waals surface area contributed by atoms with Gasteiger partial charge >= 0.3 is 19.8 Å². The minimum absolute atomic E-state index is 0.132. The molecule has 314 valence electrons. The van der Waals surface area contributed by atoms with Gasteiger partial charge in [0.25, 0.3) is 0 Å². The van der Waals surface area contributed by atoms with Crippen LogP contribution in [0.15, 0.2) is 36.5 Å². The number of hydrogen-bond acceptors (Lipinski definition) is 7. The van der Waals surface area contributed by atoms with Crippen molar-refractivity contribution < 1.29 is 42.7 Å². The highest BCUT2D eigenvalue weighted by Crippen LogP contribution is 2.36. The molecule has 54 heavy (non-hydrogen) atoms. The summed E-state index contributed by atoms with van der Waals surface area (Å²) in [4.78, 5) is 42.9. The van der Waals surface area contributed by atoms with Crippen LogP contribution < -0.4 is 0 Å². The molecule has 0 aromatic heterocycles. The Morgan fingerprint density at radius 2 is 1.13 bits per heavy atom. The molecule has 2 unspecified atom stereocenters. The van der Waals surface area contributed by atoms with E-state index in [1.807, 2.05) is 6.08 Å². The lowest BCUT2D eigenvalue weighted by Crippen LogP contribution is -2.29. The summed E-state index contributed by atoms with van der Waals surface area (Å²) in [7, 11) is -4.77. The predicted octanol–water partition coefficient (Wildman–Crippen LogP) is 12.2. The number of hydrogen-bond donors (Lipinski definition) is 2. The number of esters is 2. The minimum Gasteiger partial charge on any atom is -0.462 e. The second-order valence-corrected chi connectivity index (χ2v) is 16.8. The smallest absolute Gasteiger partial charge is 0.462 e. The molecule has 0 saturated carbocycles. The van der Waals surface area contributed by atoms with E-state index in [-0.39, 0.29) is 19.4 Å². The number of ether oxygens (including phenoxy) is 3. The summed E-state index contributed by atoms with van der Waals surface area (Å²) >= 11 is 0. The van der Waals surface area contributed by atoms with Crippen LogP contribution in [0.25, 0.3) is 0 Å². The Morgan fingerprint density at radius 3 is 1.70 bits per heavy atom. The van der Waals surface area contributed by atoms with E-state index in [4.69, 9.17) is 24.0 Å². The van der Waals surface area contributed by atoms with Gasteiger partial charge in [-0.1, -0.05) is 166 Å². The summed E-state index contributed by atoms with van der Waals surface area (Å²) in [6.45, 7) is 5.96. The highest BCUT2D eigenvalue weighted by Gasteiger charge is 2.36. The Kier molecular flexibility index (Phi) is 32.1. The summed E-state index contributed by atoms with van der Waals surface area (Å²) in [6.07, 6.45) is 41.9. The zero-order valence-corrected chi connectivity index (χ0v) is 35.4. The van der Waals surface area contributed by atoms with Gasteiger partial charge in [0.1, 0.15) is 6.61 Å². The molecule has 1 rings (SSSR count). The molecule has 2 N–H and O–H groups in total. The lowest BCUT2D eigenvalue weighted by Gasteiger charge is -2.18. The second kappa shape index (κ2) is 34.5. The molecule has 0 aromatic rings. The Morgan fingerprint density at radius 1 is 0.630 bits per heavy atom. The van der Waals surface area contributed by atoms with E-state index >= 15 is 0 Å². The molecule has 0 radical (unpaired) electrons. The maximum atomic E-state index is 12.4. The molecule has 0 bridgehead atoms. The number of phosphoric acid groups is 1. The number of carbonyl (C=O) groups excluding carboxylic acids is 2. The first-order valence-electron chi connectivity index (χ1n) is 21.8. The summed E-state index contributed by atoms with van der Waals surface area (Å²) in [5.74, 6) is -0.117. The largest absolute Gasteiger partial charge is 0.469 e. The maximum absolute atomic E-state index is 12.4. The van der Waals surface area contributed by atoms with Crippen LogP contribution in [0.2, 0.25) is 0 Å². The first-order valence-corrected chi connectivity index (χ1v) is 23.3. The Labute approximate surface area is 329 Å². The van der Waals surface area contributed by atoms with Crippen LogP contribution in [0, 0.1) is 5.92 Å². The topological polar surface area (TPSA) is 132 Å². The molecule has 1 heterocycles. The highest BCUT2D eigenvalue weighted by atomic mass is 31.2. The Bertz CT molecular complexity index is 1050. The Balaban J connectivity index is 2.08. The van der Waals surface area contributed by atoms with Gasteiger partial charge in [-0.2, -0.15) is 0 Å². The van der Waals surface area contributed by atoms with Crippen molar-refractivity contribution in [2.24, 2.45) is 5.92 Å². The molecule has 9 nitrogen and oxygen atoms in total. The van der Waals surface area contributed by atoms with E-state index in [0.29, 0.717) is 25.0 Å². The highest BCUT2D eigenvalue weighted by molar-refractivity contribution is 7.46. The van der Waals surface area contributed by atoms with E-state index in [9.17, 15) is 14.2 Å². The van der Waals surface area contributed by atoms with Crippen molar-refractivity contribution in [1.29, 1.82) is 0 Å². The van der Waals surface area contributed by atoms with Gasteiger partial charge in [-0.05, 0) is 57.3 Å². The fourth-order valence-electron chi connectivity index (χ4n) is 6.36. The third-order valence-electron chi connectivity index (χ3n) is 9.74. The first-order chi connectivity index (χ1) is 26.1. The van der Waals surface area contributed by atoms with E-state index < -0.39 is 32.5 Å².